The van der Waals surface area contributed by atoms with E-state index in [2.05, 4.69) is 65.3 Å². The highest BCUT2D eigenvalue weighted by Crippen LogP contribution is 2.20. The summed E-state index contributed by atoms with van der Waals surface area (Å²) in [5.41, 5.74) is 7.18. The van der Waals surface area contributed by atoms with E-state index in [0.29, 0.717) is 6.54 Å². The van der Waals surface area contributed by atoms with Gasteiger partial charge in [-0.3, -0.25) is 0 Å². The quantitative estimate of drug-likeness (QED) is 0.749. The van der Waals surface area contributed by atoms with Crippen LogP contribution in [-0.2, 0) is 6.54 Å². The zero-order valence-electron chi connectivity index (χ0n) is 11.3. The Bertz CT molecular complexity index is 676. The first kappa shape index (κ1) is 13.3. The average Bonchev–Trinajstić information content (AvgIpc) is 3.01. The van der Waals surface area contributed by atoms with E-state index in [9.17, 15) is 0 Å². The van der Waals surface area contributed by atoms with Gasteiger partial charge in [0.05, 0.1) is 0 Å². The Morgan fingerprint density at radius 3 is 2.60 bits per heavy atom. The Kier molecular flexibility index (Phi) is 4.11. The van der Waals surface area contributed by atoms with E-state index in [-0.39, 0.29) is 6.04 Å². The van der Waals surface area contributed by atoms with Gasteiger partial charge in [-0.25, -0.2) is 0 Å². The smallest absolute Gasteiger partial charge is 0.0447 e. The fourth-order valence-electron chi connectivity index (χ4n) is 2.40. The van der Waals surface area contributed by atoms with E-state index in [1.165, 1.54) is 21.2 Å². The maximum atomic E-state index is 5.93. The molecule has 0 aliphatic rings. The molecule has 0 spiro atoms. The molecule has 0 bridgehead atoms. The fraction of sp³-hybridized carbons (Fsp3) is 0.176. The lowest BCUT2D eigenvalue weighted by atomic mass is 10.0. The van der Waals surface area contributed by atoms with Crippen LogP contribution in [-0.4, -0.2) is 6.54 Å². The molecule has 0 amide bonds. The third-order valence-electron chi connectivity index (χ3n) is 3.51. The second-order valence-corrected chi connectivity index (χ2v) is 5.89. The minimum atomic E-state index is 0.196. The number of hydrogen-bond acceptors (Lipinski definition) is 3. The Hall–Kier alpha value is -1.68. The summed E-state index contributed by atoms with van der Waals surface area (Å²) in [6.07, 6.45) is 0. The lowest BCUT2D eigenvalue weighted by Gasteiger charge is -2.17. The average molecular weight is 282 g/mol. The summed E-state index contributed by atoms with van der Waals surface area (Å²) in [4.78, 5) is 1.34. The van der Waals surface area contributed by atoms with Crippen LogP contribution in [0.3, 0.4) is 0 Å². The lowest BCUT2D eigenvalue weighted by Crippen LogP contribution is -2.27. The molecule has 0 aliphatic heterocycles. The van der Waals surface area contributed by atoms with Crippen molar-refractivity contribution in [1.82, 2.24) is 5.32 Å². The molecule has 1 aromatic heterocycles. The van der Waals surface area contributed by atoms with Gasteiger partial charge in [0, 0.05) is 24.0 Å². The second-order valence-electron chi connectivity index (χ2n) is 4.86. The van der Waals surface area contributed by atoms with Crippen LogP contribution < -0.4 is 11.1 Å². The number of fused-ring (bicyclic) bond motifs is 1. The summed E-state index contributed by atoms with van der Waals surface area (Å²) in [5.74, 6) is 0. The maximum Gasteiger partial charge on any atom is 0.0447 e. The molecule has 0 fully saturated rings. The van der Waals surface area contributed by atoms with Gasteiger partial charge in [-0.1, -0.05) is 42.5 Å². The molecular weight excluding hydrogens is 264 g/mol. The highest BCUT2D eigenvalue weighted by Gasteiger charge is 2.09. The molecule has 3 N–H and O–H groups in total. The van der Waals surface area contributed by atoms with Gasteiger partial charge in [0.15, 0.2) is 0 Å². The standard InChI is InChI=1S/C17H18N2S/c18-11-17(19-12-16-6-3-9-20-16)15-8-7-13-4-1-2-5-14(13)10-15/h1-10,17,19H,11-12,18H2. The highest BCUT2D eigenvalue weighted by molar-refractivity contribution is 7.09. The van der Waals surface area contributed by atoms with E-state index in [1.54, 1.807) is 11.3 Å². The van der Waals surface area contributed by atoms with Crippen molar-refractivity contribution in [3.63, 3.8) is 0 Å². The van der Waals surface area contributed by atoms with Crippen molar-refractivity contribution in [2.24, 2.45) is 5.73 Å². The maximum absolute atomic E-state index is 5.93. The molecular formula is C17H18N2S. The molecule has 0 radical (unpaired) electrons. The number of thiophene rings is 1. The summed E-state index contributed by atoms with van der Waals surface area (Å²) in [6.45, 7) is 1.47. The van der Waals surface area contributed by atoms with Gasteiger partial charge < -0.3 is 11.1 Å². The van der Waals surface area contributed by atoms with Crippen LogP contribution in [0.1, 0.15) is 16.5 Å². The first-order valence-corrected chi connectivity index (χ1v) is 7.69. The number of hydrogen-bond donors (Lipinski definition) is 2. The van der Waals surface area contributed by atoms with Gasteiger partial charge in [-0.15, -0.1) is 11.3 Å². The van der Waals surface area contributed by atoms with Crippen molar-refractivity contribution in [2.75, 3.05) is 6.54 Å². The summed E-state index contributed by atoms with van der Waals surface area (Å²) < 4.78 is 0. The number of rotatable bonds is 5. The Labute approximate surface area is 123 Å². The van der Waals surface area contributed by atoms with Crippen molar-refractivity contribution in [2.45, 2.75) is 12.6 Å². The number of nitrogens with two attached hydrogens (primary N) is 1. The Balaban J connectivity index is 1.79. The Morgan fingerprint density at radius 1 is 1.00 bits per heavy atom. The fourth-order valence-corrected chi connectivity index (χ4v) is 3.05. The summed E-state index contributed by atoms with van der Waals surface area (Å²) >= 11 is 1.77. The minimum absolute atomic E-state index is 0.196. The van der Waals surface area contributed by atoms with Crippen molar-refractivity contribution < 1.29 is 0 Å². The van der Waals surface area contributed by atoms with E-state index in [0.717, 1.165) is 6.54 Å². The summed E-state index contributed by atoms with van der Waals surface area (Å²) in [7, 11) is 0. The topological polar surface area (TPSA) is 38.0 Å². The SMILES string of the molecule is NCC(NCc1cccs1)c1ccc2ccccc2c1. The molecule has 3 rings (SSSR count). The lowest BCUT2D eigenvalue weighted by molar-refractivity contribution is 0.546. The number of benzene rings is 2. The molecule has 1 heterocycles. The van der Waals surface area contributed by atoms with Crippen molar-refractivity contribution in [1.29, 1.82) is 0 Å². The van der Waals surface area contributed by atoms with Crippen LogP contribution in [0.5, 0.6) is 0 Å². The second kappa shape index (κ2) is 6.18. The molecule has 0 aliphatic carbocycles. The minimum Gasteiger partial charge on any atom is -0.329 e. The zero-order chi connectivity index (χ0) is 13.8. The van der Waals surface area contributed by atoms with Crippen LogP contribution in [0.25, 0.3) is 10.8 Å². The van der Waals surface area contributed by atoms with Crippen molar-refractivity contribution in [3.8, 4) is 0 Å². The van der Waals surface area contributed by atoms with Gasteiger partial charge >= 0.3 is 0 Å². The first-order valence-electron chi connectivity index (χ1n) is 6.81. The molecule has 0 saturated heterocycles. The van der Waals surface area contributed by atoms with Gasteiger partial charge in [0.1, 0.15) is 0 Å². The predicted molar refractivity (Wildman–Crippen MR) is 86.9 cm³/mol. The third-order valence-corrected chi connectivity index (χ3v) is 4.39. The molecule has 1 unspecified atom stereocenters. The highest BCUT2D eigenvalue weighted by atomic mass is 32.1. The third kappa shape index (κ3) is 2.90. The van der Waals surface area contributed by atoms with Gasteiger partial charge in [-0.2, -0.15) is 0 Å². The molecule has 102 valence electrons. The van der Waals surface area contributed by atoms with Crippen LogP contribution in [0.15, 0.2) is 60.0 Å². The monoisotopic (exact) mass is 282 g/mol. The van der Waals surface area contributed by atoms with E-state index < -0.39 is 0 Å². The van der Waals surface area contributed by atoms with Gasteiger partial charge in [0.25, 0.3) is 0 Å². The van der Waals surface area contributed by atoms with Crippen LogP contribution in [0.2, 0.25) is 0 Å². The van der Waals surface area contributed by atoms with Crippen molar-refractivity contribution >= 4 is 22.1 Å². The largest absolute Gasteiger partial charge is 0.329 e. The molecule has 3 aromatic rings. The Morgan fingerprint density at radius 2 is 1.85 bits per heavy atom. The summed E-state index contributed by atoms with van der Waals surface area (Å²) in [6, 6.07) is 19.4. The van der Waals surface area contributed by atoms with E-state index in [4.69, 9.17) is 5.73 Å². The zero-order valence-corrected chi connectivity index (χ0v) is 12.1. The molecule has 2 nitrogen and oxygen atoms in total. The molecule has 3 heteroatoms. The normalized spacial score (nSPS) is 12.7. The van der Waals surface area contributed by atoms with Crippen LogP contribution in [0, 0.1) is 0 Å². The van der Waals surface area contributed by atoms with Crippen LogP contribution in [0.4, 0.5) is 0 Å². The first-order chi connectivity index (χ1) is 9.86. The van der Waals surface area contributed by atoms with Gasteiger partial charge in [-0.05, 0) is 33.8 Å². The number of nitrogens with one attached hydrogen (secondary N) is 1. The molecule has 20 heavy (non-hydrogen) atoms. The molecule has 2 aromatic carbocycles. The summed E-state index contributed by atoms with van der Waals surface area (Å²) in [5, 5.41) is 8.17. The van der Waals surface area contributed by atoms with E-state index in [1.807, 2.05) is 0 Å². The molecule has 1 atom stereocenters. The predicted octanol–water partition coefficient (Wildman–Crippen LogP) is 3.69. The van der Waals surface area contributed by atoms with Crippen LogP contribution >= 0.6 is 11.3 Å². The van der Waals surface area contributed by atoms with E-state index >= 15 is 0 Å². The van der Waals surface area contributed by atoms with Crippen molar-refractivity contribution in [3.05, 3.63) is 70.4 Å². The van der Waals surface area contributed by atoms with Gasteiger partial charge in [0.2, 0.25) is 0 Å². The molecule has 0 saturated carbocycles.